The van der Waals surface area contributed by atoms with Crippen molar-refractivity contribution in [3.63, 3.8) is 0 Å². The lowest BCUT2D eigenvalue weighted by Crippen LogP contribution is -2.23. The molecule has 136 valence electrons. The topological polar surface area (TPSA) is 107 Å². The third kappa shape index (κ3) is 3.38. The molecular formula is C16H20N2O6S. The van der Waals surface area contributed by atoms with Gasteiger partial charge in [-0.05, 0) is 24.8 Å². The molecule has 8 nitrogen and oxygen atoms in total. The van der Waals surface area contributed by atoms with Gasteiger partial charge in [0.15, 0.2) is 4.90 Å². The van der Waals surface area contributed by atoms with E-state index in [9.17, 15) is 23.3 Å². The van der Waals surface area contributed by atoms with E-state index in [1.54, 1.807) is 0 Å². The molecule has 9 heteroatoms. The van der Waals surface area contributed by atoms with Crippen molar-refractivity contribution in [2.75, 3.05) is 6.54 Å². The number of para-hydroxylation sites is 1. The van der Waals surface area contributed by atoms with Gasteiger partial charge in [-0.15, -0.1) is 0 Å². The van der Waals surface area contributed by atoms with E-state index in [0.29, 0.717) is 18.8 Å². The Morgan fingerprint density at radius 3 is 2.68 bits per heavy atom. The number of sulfonamides is 1. The van der Waals surface area contributed by atoms with Crippen LogP contribution in [0.15, 0.2) is 29.2 Å². The van der Waals surface area contributed by atoms with Gasteiger partial charge >= 0.3 is 5.97 Å². The lowest BCUT2D eigenvalue weighted by Gasteiger charge is -2.11. The monoisotopic (exact) mass is 368 g/mol. The minimum atomic E-state index is -3.99. The van der Waals surface area contributed by atoms with Crippen molar-refractivity contribution in [1.82, 2.24) is 4.31 Å². The molecule has 1 aromatic carbocycles. The van der Waals surface area contributed by atoms with E-state index < -0.39 is 32.8 Å². The molecule has 0 spiro atoms. The van der Waals surface area contributed by atoms with Crippen molar-refractivity contribution in [2.24, 2.45) is 11.8 Å². The first-order valence-electron chi connectivity index (χ1n) is 8.17. The minimum Gasteiger partial charge on any atom is -0.460 e. The number of rotatable bonds is 6. The van der Waals surface area contributed by atoms with Gasteiger partial charge < -0.3 is 4.74 Å². The number of nitro benzene ring substituents is 1. The highest BCUT2D eigenvalue weighted by molar-refractivity contribution is 7.89. The molecule has 1 unspecified atom stereocenters. The molecule has 0 bridgehead atoms. The number of ether oxygens (including phenoxy) is 1. The molecule has 1 aromatic rings. The SMILES string of the molecule is CC(C)C[C@@H]1C[C@@H](C2C[N@]2S(=O)(=O)c2ccccc2[N+](=O)[O-])OC1=O. The maximum Gasteiger partial charge on any atom is 0.309 e. The Balaban J connectivity index is 1.76. The van der Waals surface area contributed by atoms with Crippen LogP contribution in [0.5, 0.6) is 0 Å². The Kier molecular flexibility index (Phi) is 4.54. The zero-order valence-electron chi connectivity index (χ0n) is 14.0. The zero-order chi connectivity index (χ0) is 18.4. The highest BCUT2D eigenvalue weighted by Gasteiger charge is 2.54. The molecule has 2 aliphatic heterocycles. The summed E-state index contributed by atoms with van der Waals surface area (Å²) < 4.78 is 31.9. The minimum absolute atomic E-state index is 0.207. The summed E-state index contributed by atoms with van der Waals surface area (Å²) in [5, 5.41) is 11.1. The van der Waals surface area contributed by atoms with Crippen LogP contribution in [0.3, 0.4) is 0 Å². The number of nitrogens with zero attached hydrogens (tertiary/aromatic N) is 2. The van der Waals surface area contributed by atoms with Gasteiger partial charge in [0.2, 0.25) is 10.0 Å². The van der Waals surface area contributed by atoms with Crippen LogP contribution in [0.25, 0.3) is 0 Å². The Bertz CT molecular complexity index is 807. The Morgan fingerprint density at radius 2 is 2.04 bits per heavy atom. The fourth-order valence-corrected chi connectivity index (χ4v) is 5.09. The van der Waals surface area contributed by atoms with Gasteiger partial charge in [-0.25, -0.2) is 8.42 Å². The molecule has 25 heavy (non-hydrogen) atoms. The Hall–Kier alpha value is -2.00. The smallest absolute Gasteiger partial charge is 0.309 e. The fraction of sp³-hybridized carbons (Fsp3) is 0.562. The van der Waals surface area contributed by atoms with Crippen molar-refractivity contribution < 1.29 is 22.9 Å². The second-order valence-electron chi connectivity index (χ2n) is 6.90. The van der Waals surface area contributed by atoms with Crippen molar-refractivity contribution in [1.29, 1.82) is 0 Å². The molecule has 0 aromatic heterocycles. The number of cyclic esters (lactones) is 1. The molecule has 2 heterocycles. The lowest BCUT2D eigenvalue weighted by atomic mass is 9.93. The fourth-order valence-electron chi connectivity index (χ4n) is 3.34. The number of benzene rings is 1. The number of carbonyl (C=O) groups excluding carboxylic acids is 1. The first kappa shape index (κ1) is 17.8. The first-order chi connectivity index (χ1) is 11.7. The van der Waals surface area contributed by atoms with Crippen LogP contribution in [-0.2, 0) is 19.6 Å². The molecule has 0 N–H and O–H groups in total. The van der Waals surface area contributed by atoms with E-state index in [-0.39, 0.29) is 23.3 Å². The van der Waals surface area contributed by atoms with Gasteiger partial charge in [-0.2, -0.15) is 4.31 Å². The van der Waals surface area contributed by atoms with Crippen LogP contribution < -0.4 is 0 Å². The van der Waals surface area contributed by atoms with Gasteiger partial charge in [-0.1, -0.05) is 26.0 Å². The van der Waals surface area contributed by atoms with Crippen LogP contribution in [0.1, 0.15) is 26.7 Å². The first-order valence-corrected chi connectivity index (χ1v) is 9.61. The molecule has 2 saturated heterocycles. The zero-order valence-corrected chi connectivity index (χ0v) is 14.8. The molecule has 2 fully saturated rings. The third-order valence-electron chi connectivity index (χ3n) is 4.55. The molecule has 0 saturated carbocycles. The molecule has 0 amide bonds. The predicted molar refractivity (Wildman–Crippen MR) is 88.2 cm³/mol. The summed E-state index contributed by atoms with van der Waals surface area (Å²) in [5.74, 6) is -0.142. The van der Waals surface area contributed by atoms with Crippen molar-refractivity contribution in [2.45, 2.75) is 43.7 Å². The standard InChI is InChI=1S/C16H20N2O6S/c1-10(2)7-11-8-14(24-16(11)19)13-9-17(13)25(22,23)15-6-4-3-5-12(15)18(20)21/h3-6,10-11,13-14H,7-9H2,1-2H3/t11-,13?,14+,17+/m1/s1. The van der Waals surface area contributed by atoms with Crippen LogP contribution in [0.2, 0.25) is 0 Å². The van der Waals surface area contributed by atoms with Gasteiger partial charge in [0.25, 0.3) is 5.69 Å². The maximum atomic E-state index is 12.7. The van der Waals surface area contributed by atoms with Gasteiger partial charge in [0.05, 0.1) is 16.9 Å². The van der Waals surface area contributed by atoms with E-state index in [0.717, 1.165) is 0 Å². The molecular weight excluding hydrogens is 348 g/mol. The van der Waals surface area contributed by atoms with Crippen LogP contribution >= 0.6 is 0 Å². The number of esters is 1. The van der Waals surface area contributed by atoms with Crippen molar-refractivity contribution in [3.05, 3.63) is 34.4 Å². The summed E-state index contributed by atoms with van der Waals surface area (Å²) in [6, 6.07) is 4.83. The lowest BCUT2D eigenvalue weighted by molar-refractivity contribution is -0.387. The number of hydrogen-bond donors (Lipinski definition) is 0. The molecule has 3 rings (SSSR count). The number of hydrogen-bond acceptors (Lipinski definition) is 6. The average molecular weight is 368 g/mol. The van der Waals surface area contributed by atoms with Gasteiger partial charge in [-0.3, -0.25) is 14.9 Å². The van der Waals surface area contributed by atoms with E-state index >= 15 is 0 Å². The largest absolute Gasteiger partial charge is 0.460 e. The normalized spacial score (nSPS) is 28.8. The van der Waals surface area contributed by atoms with Crippen LogP contribution in [0, 0.1) is 22.0 Å². The molecule has 0 aliphatic carbocycles. The summed E-state index contributed by atoms with van der Waals surface area (Å²) in [7, 11) is -3.99. The van der Waals surface area contributed by atoms with Gasteiger partial charge in [0, 0.05) is 12.6 Å². The molecule has 4 atom stereocenters. The highest BCUT2D eigenvalue weighted by atomic mass is 32.2. The van der Waals surface area contributed by atoms with E-state index in [1.807, 2.05) is 13.8 Å². The predicted octanol–water partition coefficient (Wildman–Crippen LogP) is 1.95. The van der Waals surface area contributed by atoms with Gasteiger partial charge in [0.1, 0.15) is 6.10 Å². The highest BCUT2D eigenvalue weighted by Crippen LogP contribution is 2.40. The molecule has 0 radical (unpaired) electrons. The second kappa shape index (κ2) is 6.38. The van der Waals surface area contributed by atoms with E-state index in [1.165, 1.54) is 28.6 Å². The summed E-state index contributed by atoms with van der Waals surface area (Å²) in [5.41, 5.74) is -0.450. The van der Waals surface area contributed by atoms with Crippen molar-refractivity contribution >= 4 is 21.7 Å². The van der Waals surface area contributed by atoms with Crippen molar-refractivity contribution in [3.8, 4) is 0 Å². The quantitative estimate of drug-likeness (QED) is 0.329. The van der Waals surface area contributed by atoms with Crippen LogP contribution in [-0.4, -0.2) is 42.3 Å². The van der Waals surface area contributed by atoms with E-state index in [4.69, 9.17) is 4.74 Å². The number of nitro groups is 1. The second-order valence-corrected chi connectivity index (χ2v) is 8.76. The summed E-state index contributed by atoms with van der Waals surface area (Å²) in [6.07, 6.45) is 0.720. The maximum absolute atomic E-state index is 12.7. The third-order valence-corrected chi connectivity index (χ3v) is 6.49. The average Bonchev–Trinajstić information content (AvgIpc) is 3.27. The van der Waals surface area contributed by atoms with E-state index in [2.05, 4.69) is 0 Å². The summed E-state index contributed by atoms with van der Waals surface area (Å²) in [4.78, 5) is 22.0. The molecule has 2 aliphatic rings. The summed E-state index contributed by atoms with van der Waals surface area (Å²) in [6.45, 7) is 4.24. The Labute approximate surface area is 146 Å². The Morgan fingerprint density at radius 1 is 1.36 bits per heavy atom. The summed E-state index contributed by atoms with van der Waals surface area (Å²) >= 11 is 0. The van der Waals surface area contributed by atoms with Crippen LogP contribution in [0.4, 0.5) is 5.69 Å². The number of carbonyl (C=O) groups is 1.